The molecule has 0 spiro atoms. The molecule has 0 bridgehead atoms. The summed E-state index contributed by atoms with van der Waals surface area (Å²) < 4.78 is 6.35. The highest BCUT2D eigenvalue weighted by molar-refractivity contribution is 9.10. The Morgan fingerprint density at radius 1 is 1.00 bits per heavy atom. The van der Waals surface area contributed by atoms with Gasteiger partial charge in [-0.1, -0.05) is 0 Å². The fourth-order valence-corrected chi connectivity index (χ4v) is 3.33. The van der Waals surface area contributed by atoms with Gasteiger partial charge in [-0.3, -0.25) is 0 Å². The van der Waals surface area contributed by atoms with Gasteiger partial charge in [0.15, 0.2) is 0 Å². The summed E-state index contributed by atoms with van der Waals surface area (Å²) in [5, 5.41) is 0. The summed E-state index contributed by atoms with van der Waals surface area (Å²) in [6.07, 6.45) is 4.32. The third-order valence-electron chi connectivity index (χ3n) is 4.25. The van der Waals surface area contributed by atoms with Gasteiger partial charge in [-0.2, -0.15) is 0 Å². The van der Waals surface area contributed by atoms with E-state index in [1.54, 1.807) is 11.1 Å². The Bertz CT molecular complexity index is 790. The predicted octanol–water partition coefficient (Wildman–Crippen LogP) is 4.99. The number of pyridine rings is 2. The van der Waals surface area contributed by atoms with Gasteiger partial charge in [-0.15, -0.1) is 0 Å². The van der Waals surface area contributed by atoms with Crippen molar-refractivity contribution >= 4 is 27.8 Å². The number of carbonyl (C=O) groups excluding carboxylic acids is 1. The Balaban J connectivity index is 0.000000313. The first kappa shape index (κ1) is 23.1. The van der Waals surface area contributed by atoms with Gasteiger partial charge < -0.3 is 14.5 Å². The molecule has 0 N–H and O–H groups in total. The van der Waals surface area contributed by atoms with Crippen LogP contribution in [-0.2, 0) is 4.74 Å². The zero-order chi connectivity index (χ0) is 21.4. The van der Waals surface area contributed by atoms with E-state index in [-0.39, 0.29) is 6.09 Å². The fraction of sp³-hybridized carbons (Fsp3) is 0.500. The van der Waals surface area contributed by atoms with Gasteiger partial charge in [-0.05, 0) is 92.4 Å². The van der Waals surface area contributed by atoms with Crippen molar-refractivity contribution in [3.05, 3.63) is 52.4 Å². The van der Waals surface area contributed by atoms with E-state index in [4.69, 9.17) is 4.74 Å². The Hall–Kier alpha value is -2.15. The van der Waals surface area contributed by atoms with Crippen LogP contribution in [0.5, 0.6) is 0 Å². The topological polar surface area (TPSA) is 58.6 Å². The first-order valence-corrected chi connectivity index (χ1v) is 10.7. The molecular formula is C22H31BrN4O2. The van der Waals surface area contributed by atoms with Crippen molar-refractivity contribution in [1.29, 1.82) is 0 Å². The summed E-state index contributed by atoms with van der Waals surface area (Å²) >= 11 is 3.25. The fourth-order valence-electron chi connectivity index (χ4n) is 2.85. The first-order valence-electron chi connectivity index (χ1n) is 9.88. The molecule has 0 aromatic carbocycles. The Morgan fingerprint density at radius 3 is 2.21 bits per heavy atom. The normalized spacial score (nSPS) is 14.6. The molecule has 1 aliphatic rings. The minimum atomic E-state index is -0.443. The molecule has 2 aromatic heterocycles. The van der Waals surface area contributed by atoms with Crippen LogP contribution in [0.3, 0.4) is 0 Å². The number of hydrogen-bond donors (Lipinski definition) is 0. The third-order valence-corrected chi connectivity index (χ3v) is 4.69. The van der Waals surface area contributed by atoms with E-state index in [2.05, 4.69) is 43.8 Å². The van der Waals surface area contributed by atoms with E-state index in [9.17, 15) is 4.79 Å². The minimum absolute atomic E-state index is 0.221. The van der Waals surface area contributed by atoms with Gasteiger partial charge in [0, 0.05) is 38.6 Å². The smallest absolute Gasteiger partial charge is 0.410 e. The average Bonchev–Trinajstić information content (AvgIpc) is 2.87. The van der Waals surface area contributed by atoms with E-state index in [0.29, 0.717) is 6.54 Å². The Labute approximate surface area is 182 Å². The standard InChI is InChI=1S/C16H25N3O2.C6H6BrN/c1-13-6-7-17-14(12-13)18-8-5-9-19(11-10-18)15(20)21-16(2,3)4;1-5-2-3-8-6(7)4-5/h6-7,12H,5,8-11H2,1-4H3;2-4H,1H3. The molecule has 3 rings (SSSR count). The summed E-state index contributed by atoms with van der Waals surface area (Å²) in [4.78, 5) is 24.5. The average molecular weight is 463 g/mol. The molecule has 7 heteroatoms. The number of amides is 1. The zero-order valence-electron chi connectivity index (χ0n) is 18.0. The summed E-state index contributed by atoms with van der Waals surface area (Å²) in [5.41, 5.74) is 1.99. The second-order valence-electron chi connectivity index (χ2n) is 8.16. The van der Waals surface area contributed by atoms with Crippen molar-refractivity contribution in [3.8, 4) is 0 Å². The summed E-state index contributed by atoms with van der Waals surface area (Å²) in [6, 6.07) is 8.02. The Morgan fingerprint density at radius 2 is 1.66 bits per heavy atom. The summed E-state index contributed by atoms with van der Waals surface area (Å²) in [5.74, 6) is 0.987. The first-order chi connectivity index (χ1) is 13.6. The lowest BCUT2D eigenvalue weighted by Gasteiger charge is -2.26. The maximum Gasteiger partial charge on any atom is 0.410 e. The second-order valence-corrected chi connectivity index (χ2v) is 8.97. The van der Waals surface area contributed by atoms with E-state index >= 15 is 0 Å². The van der Waals surface area contributed by atoms with E-state index < -0.39 is 5.60 Å². The molecule has 0 atom stereocenters. The molecule has 3 heterocycles. The van der Waals surface area contributed by atoms with E-state index in [1.807, 2.05) is 52.1 Å². The predicted molar refractivity (Wildman–Crippen MR) is 120 cm³/mol. The highest BCUT2D eigenvalue weighted by atomic mass is 79.9. The van der Waals surface area contributed by atoms with Crippen LogP contribution < -0.4 is 4.90 Å². The van der Waals surface area contributed by atoms with Crippen LogP contribution in [0.1, 0.15) is 38.3 Å². The van der Waals surface area contributed by atoms with Crippen molar-refractivity contribution in [2.45, 2.75) is 46.6 Å². The SMILES string of the molecule is Cc1ccnc(Br)c1.Cc1ccnc(N2CCCN(C(=O)OC(C)(C)C)CC2)c1. The van der Waals surface area contributed by atoms with Crippen molar-refractivity contribution in [2.75, 3.05) is 31.1 Å². The quantitative estimate of drug-likeness (QED) is 0.558. The molecule has 0 saturated carbocycles. The molecule has 0 radical (unpaired) electrons. The second kappa shape index (κ2) is 10.6. The van der Waals surface area contributed by atoms with Gasteiger partial charge in [0.25, 0.3) is 0 Å². The van der Waals surface area contributed by atoms with Gasteiger partial charge >= 0.3 is 6.09 Å². The van der Waals surface area contributed by atoms with Crippen LogP contribution in [0.4, 0.5) is 10.6 Å². The van der Waals surface area contributed by atoms with Crippen LogP contribution in [0.25, 0.3) is 0 Å². The lowest BCUT2D eigenvalue weighted by molar-refractivity contribution is 0.0263. The van der Waals surface area contributed by atoms with Gasteiger partial charge in [0.05, 0.1) is 0 Å². The van der Waals surface area contributed by atoms with Crippen LogP contribution in [0.15, 0.2) is 41.3 Å². The number of hydrogen-bond acceptors (Lipinski definition) is 5. The summed E-state index contributed by atoms with van der Waals surface area (Å²) in [7, 11) is 0. The maximum atomic E-state index is 12.1. The number of anilines is 1. The molecule has 1 amide bonds. The van der Waals surface area contributed by atoms with Crippen LogP contribution in [-0.4, -0.2) is 52.7 Å². The molecule has 6 nitrogen and oxygen atoms in total. The van der Waals surface area contributed by atoms with Gasteiger partial charge in [0.2, 0.25) is 0 Å². The zero-order valence-corrected chi connectivity index (χ0v) is 19.6. The molecule has 0 unspecified atom stereocenters. The van der Waals surface area contributed by atoms with Crippen LogP contribution in [0, 0.1) is 13.8 Å². The molecule has 1 aliphatic heterocycles. The van der Waals surface area contributed by atoms with Crippen LogP contribution >= 0.6 is 15.9 Å². The number of ether oxygens (including phenoxy) is 1. The molecule has 1 saturated heterocycles. The number of halogens is 1. The summed E-state index contributed by atoms with van der Waals surface area (Å²) in [6.45, 7) is 12.9. The van der Waals surface area contributed by atoms with Crippen molar-refractivity contribution in [2.24, 2.45) is 0 Å². The lowest BCUT2D eigenvalue weighted by Crippen LogP contribution is -2.39. The highest BCUT2D eigenvalue weighted by Gasteiger charge is 2.24. The number of carbonyl (C=O) groups is 1. The van der Waals surface area contributed by atoms with Crippen molar-refractivity contribution in [1.82, 2.24) is 14.9 Å². The minimum Gasteiger partial charge on any atom is -0.444 e. The van der Waals surface area contributed by atoms with Crippen molar-refractivity contribution in [3.63, 3.8) is 0 Å². The molecule has 0 aliphatic carbocycles. The monoisotopic (exact) mass is 462 g/mol. The largest absolute Gasteiger partial charge is 0.444 e. The van der Waals surface area contributed by atoms with Gasteiger partial charge in [-0.25, -0.2) is 14.8 Å². The van der Waals surface area contributed by atoms with Crippen LogP contribution in [0.2, 0.25) is 0 Å². The molecule has 29 heavy (non-hydrogen) atoms. The molecule has 158 valence electrons. The number of rotatable bonds is 1. The number of aromatic nitrogens is 2. The number of aryl methyl sites for hydroxylation is 2. The van der Waals surface area contributed by atoms with E-state index in [0.717, 1.165) is 36.5 Å². The molecule has 1 fully saturated rings. The molecule has 2 aromatic rings. The maximum absolute atomic E-state index is 12.1. The highest BCUT2D eigenvalue weighted by Crippen LogP contribution is 2.16. The van der Waals surface area contributed by atoms with E-state index in [1.165, 1.54) is 11.1 Å². The third kappa shape index (κ3) is 8.40. The molecular weight excluding hydrogens is 432 g/mol. The van der Waals surface area contributed by atoms with Crippen molar-refractivity contribution < 1.29 is 9.53 Å². The Kier molecular flexibility index (Phi) is 8.44. The number of nitrogens with zero attached hydrogens (tertiary/aromatic N) is 4. The van der Waals surface area contributed by atoms with Gasteiger partial charge in [0.1, 0.15) is 16.0 Å². The lowest BCUT2D eigenvalue weighted by atomic mass is 10.2.